The number of hydrogen-bond acceptors (Lipinski definition) is 3. The first kappa shape index (κ1) is 24.5. The largest absolute Gasteiger partial charge is 0.453 e. The fourth-order valence-electron chi connectivity index (χ4n) is 7.39. The number of pyridine rings is 1. The number of nitrogens with zero attached hydrogens (tertiary/aromatic N) is 4. The predicted molar refractivity (Wildman–Crippen MR) is 184 cm³/mol. The molecule has 5 heterocycles. The molecule has 45 heavy (non-hydrogen) atoms. The summed E-state index contributed by atoms with van der Waals surface area (Å²) in [6, 6.07) is 39.2. The molecule has 5 nitrogen and oxygen atoms in total. The van der Waals surface area contributed by atoms with Gasteiger partial charge in [-0.25, -0.2) is 0 Å². The molecule has 0 spiro atoms. The minimum atomic E-state index is 0.806. The Balaban J connectivity index is 1.36. The highest BCUT2D eigenvalue weighted by Gasteiger charge is 2.28. The summed E-state index contributed by atoms with van der Waals surface area (Å²) < 4.78 is 11.5. The van der Waals surface area contributed by atoms with Crippen molar-refractivity contribution in [1.29, 1.82) is 0 Å². The van der Waals surface area contributed by atoms with Crippen LogP contribution in [0.5, 0.6) is 11.5 Å². The lowest BCUT2D eigenvalue weighted by atomic mass is 9.96. The summed E-state index contributed by atoms with van der Waals surface area (Å²) in [4.78, 5) is 8.74. The number of ether oxygens (including phenoxy) is 1. The lowest BCUT2D eigenvalue weighted by Gasteiger charge is -2.21. The van der Waals surface area contributed by atoms with Gasteiger partial charge in [0, 0.05) is 58.5 Å². The quantitative estimate of drug-likeness (QED) is 0.209. The number of aromatic nitrogens is 3. The zero-order valence-corrected chi connectivity index (χ0v) is 24.3. The molecule has 0 unspecified atom stereocenters. The molecule has 2 aliphatic heterocycles. The minimum Gasteiger partial charge on any atom is -0.453 e. The second kappa shape index (κ2) is 9.28. The normalized spacial score (nSPS) is 13.8. The first-order valence-corrected chi connectivity index (χ1v) is 15.4. The number of para-hydroxylation sites is 4. The number of allylic oxidation sites excluding steroid dienone is 1. The molecular formula is C40H26N4O. The number of aliphatic imine (C=N–C) groups is 1. The molecule has 10 rings (SSSR count). The van der Waals surface area contributed by atoms with Gasteiger partial charge in [-0.1, -0.05) is 48.5 Å². The molecule has 0 radical (unpaired) electrons. The van der Waals surface area contributed by atoms with Crippen molar-refractivity contribution >= 4 is 55.4 Å². The molecule has 0 saturated carbocycles. The van der Waals surface area contributed by atoms with E-state index in [9.17, 15) is 0 Å². The van der Waals surface area contributed by atoms with Crippen molar-refractivity contribution in [2.75, 3.05) is 6.54 Å². The SMILES string of the molecule is C1=NCCC(c2cc(-c3ccncc3)cc(-n3c4ccccc4c4c5c6ccccc6n6c5c(cc43)Oc3ccccc3-6)c2)=C1. The van der Waals surface area contributed by atoms with Gasteiger partial charge < -0.3 is 13.9 Å². The maximum absolute atomic E-state index is 6.72. The van der Waals surface area contributed by atoms with Crippen molar-refractivity contribution in [3.05, 3.63) is 133 Å². The third-order valence-corrected chi connectivity index (χ3v) is 9.32. The Labute approximate surface area is 259 Å². The smallest absolute Gasteiger partial charge is 0.154 e. The van der Waals surface area contributed by atoms with Gasteiger partial charge in [0.05, 0.1) is 27.8 Å². The Morgan fingerprint density at radius 3 is 2.16 bits per heavy atom. The zero-order chi connectivity index (χ0) is 29.5. The molecule has 5 heteroatoms. The summed E-state index contributed by atoms with van der Waals surface area (Å²) in [5, 5.41) is 4.91. The third kappa shape index (κ3) is 3.49. The average Bonchev–Trinajstić information content (AvgIpc) is 3.63. The molecule has 5 aromatic carbocycles. The van der Waals surface area contributed by atoms with Gasteiger partial charge in [0.15, 0.2) is 11.5 Å². The summed E-state index contributed by atoms with van der Waals surface area (Å²) in [5.74, 6) is 1.73. The fourth-order valence-corrected chi connectivity index (χ4v) is 7.39. The lowest BCUT2D eigenvalue weighted by molar-refractivity contribution is 0.477. The van der Waals surface area contributed by atoms with Crippen LogP contribution < -0.4 is 4.74 Å². The van der Waals surface area contributed by atoms with Crippen LogP contribution in [0.25, 0.3) is 71.7 Å². The fraction of sp³-hybridized carbons (Fsp3) is 0.0500. The molecule has 2 aliphatic rings. The van der Waals surface area contributed by atoms with Crippen LogP contribution in [0, 0.1) is 0 Å². The van der Waals surface area contributed by atoms with Crippen molar-refractivity contribution < 1.29 is 4.74 Å². The molecule has 0 aliphatic carbocycles. The number of dihydropyridines is 1. The number of rotatable bonds is 3. The van der Waals surface area contributed by atoms with Crippen molar-refractivity contribution in [2.24, 2.45) is 4.99 Å². The van der Waals surface area contributed by atoms with Crippen LogP contribution in [0.1, 0.15) is 12.0 Å². The van der Waals surface area contributed by atoms with Crippen molar-refractivity contribution in [1.82, 2.24) is 14.1 Å². The summed E-state index contributed by atoms with van der Waals surface area (Å²) in [7, 11) is 0. The predicted octanol–water partition coefficient (Wildman–Crippen LogP) is 9.91. The molecule has 212 valence electrons. The van der Waals surface area contributed by atoms with E-state index in [1.807, 2.05) is 24.7 Å². The molecule has 0 N–H and O–H groups in total. The van der Waals surface area contributed by atoms with Gasteiger partial charge in [-0.2, -0.15) is 0 Å². The molecule has 0 bridgehead atoms. The highest BCUT2D eigenvalue weighted by Crippen LogP contribution is 2.50. The van der Waals surface area contributed by atoms with Gasteiger partial charge in [-0.3, -0.25) is 9.98 Å². The minimum absolute atomic E-state index is 0.806. The average molecular weight is 579 g/mol. The van der Waals surface area contributed by atoms with Crippen LogP contribution in [0.15, 0.2) is 133 Å². The van der Waals surface area contributed by atoms with E-state index in [-0.39, 0.29) is 0 Å². The lowest BCUT2D eigenvalue weighted by Crippen LogP contribution is -2.04. The summed E-state index contributed by atoms with van der Waals surface area (Å²) >= 11 is 0. The maximum atomic E-state index is 6.72. The molecule has 3 aromatic heterocycles. The Morgan fingerprint density at radius 2 is 1.33 bits per heavy atom. The van der Waals surface area contributed by atoms with Crippen molar-refractivity contribution in [2.45, 2.75) is 6.42 Å². The molecular weight excluding hydrogens is 552 g/mol. The molecule has 0 saturated heterocycles. The zero-order valence-electron chi connectivity index (χ0n) is 24.3. The van der Waals surface area contributed by atoms with Gasteiger partial charge in [0.25, 0.3) is 0 Å². The molecule has 0 amide bonds. The van der Waals surface area contributed by atoms with E-state index < -0.39 is 0 Å². The van der Waals surface area contributed by atoms with E-state index >= 15 is 0 Å². The number of fused-ring (bicyclic) bond motifs is 9. The van der Waals surface area contributed by atoms with E-state index in [0.717, 1.165) is 63.5 Å². The Hall–Kier alpha value is -5.94. The van der Waals surface area contributed by atoms with Crippen LogP contribution in [-0.4, -0.2) is 26.9 Å². The highest BCUT2D eigenvalue weighted by molar-refractivity contribution is 6.30. The highest BCUT2D eigenvalue weighted by atomic mass is 16.5. The Bertz CT molecular complexity index is 2570. The number of benzene rings is 5. The van der Waals surface area contributed by atoms with E-state index in [2.05, 4.69) is 128 Å². The van der Waals surface area contributed by atoms with Crippen LogP contribution in [-0.2, 0) is 0 Å². The van der Waals surface area contributed by atoms with Gasteiger partial charge in [-0.15, -0.1) is 0 Å². The molecule has 0 fully saturated rings. The summed E-state index contributed by atoms with van der Waals surface area (Å²) in [5.41, 5.74) is 11.6. The van der Waals surface area contributed by atoms with Gasteiger partial charge >= 0.3 is 0 Å². The second-order valence-corrected chi connectivity index (χ2v) is 11.8. The van der Waals surface area contributed by atoms with Crippen molar-refractivity contribution in [3.63, 3.8) is 0 Å². The molecule has 0 atom stereocenters. The number of hydrogen-bond donors (Lipinski definition) is 0. The van der Waals surface area contributed by atoms with Crippen LogP contribution >= 0.6 is 0 Å². The Morgan fingerprint density at radius 1 is 0.600 bits per heavy atom. The Kier molecular flexibility index (Phi) is 5.05. The molecule has 8 aromatic rings. The summed E-state index contributed by atoms with van der Waals surface area (Å²) in [6.07, 6.45) is 8.73. The topological polar surface area (TPSA) is 44.3 Å². The first-order chi connectivity index (χ1) is 22.3. The second-order valence-electron chi connectivity index (χ2n) is 11.8. The maximum Gasteiger partial charge on any atom is 0.154 e. The van der Waals surface area contributed by atoms with E-state index in [1.54, 1.807) is 0 Å². The van der Waals surface area contributed by atoms with Gasteiger partial charge in [0.1, 0.15) is 0 Å². The van der Waals surface area contributed by atoms with Gasteiger partial charge in [-0.05, 0) is 89.4 Å². The van der Waals surface area contributed by atoms with Crippen molar-refractivity contribution in [3.8, 4) is 34.0 Å². The first-order valence-electron chi connectivity index (χ1n) is 15.4. The van der Waals surface area contributed by atoms with Crippen LogP contribution in [0.4, 0.5) is 0 Å². The van der Waals surface area contributed by atoms with Crippen LogP contribution in [0.2, 0.25) is 0 Å². The van der Waals surface area contributed by atoms with E-state index in [0.29, 0.717) is 0 Å². The monoisotopic (exact) mass is 578 g/mol. The van der Waals surface area contributed by atoms with E-state index in [4.69, 9.17) is 4.74 Å². The van der Waals surface area contributed by atoms with E-state index in [1.165, 1.54) is 38.2 Å². The van der Waals surface area contributed by atoms with Gasteiger partial charge in [0.2, 0.25) is 0 Å². The van der Waals surface area contributed by atoms with Crippen LogP contribution in [0.3, 0.4) is 0 Å². The third-order valence-electron chi connectivity index (χ3n) is 9.32. The standard InChI is InChI=1S/C40H26N4O/c1-3-9-32-30(7-1)38-35(24-37-40-39(38)31-8-2-4-10-33(31)44(40)34-11-5-6-12-36(34)45-37)43(32)29-22-27(25-13-17-41-18-14-25)21-28(23-29)26-15-19-42-20-16-26/h1-15,17-19,21-24H,16,20H2. The summed E-state index contributed by atoms with van der Waals surface area (Å²) in [6.45, 7) is 0.806.